The smallest absolute Gasteiger partial charge is 0.199 e. The average molecular weight is 176 g/mol. The maximum atomic E-state index is 11.6. The molecule has 0 aliphatic heterocycles. The summed E-state index contributed by atoms with van der Waals surface area (Å²) in [7, 11) is 0. The van der Waals surface area contributed by atoms with Gasteiger partial charge in [-0.15, -0.1) is 11.3 Å². The second-order valence-corrected chi connectivity index (χ2v) is 3.58. The minimum atomic E-state index is 0.176. The summed E-state index contributed by atoms with van der Waals surface area (Å²) in [4.78, 5) is 12.4. The number of hydrogen-bond acceptors (Lipinski definition) is 2. The summed E-state index contributed by atoms with van der Waals surface area (Å²) in [6.45, 7) is 0. The van der Waals surface area contributed by atoms with Gasteiger partial charge in [0.2, 0.25) is 0 Å². The third-order valence-electron chi connectivity index (χ3n) is 1.81. The molecule has 0 amide bonds. The lowest BCUT2D eigenvalue weighted by molar-refractivity contribution is 0.103. The molecule has 1 aromatic heterocycles. The summed E-state index contributed by atoms with van der Waals surface area (Å²) < 4.78 is 0. The molecule has 0 saturated heterocycles. The number of hydrogen-bond donors (Lipinski definition) is 0. The van der Waals surface area contributed by atoms with E-state index in [-0.39, 0.29) is 5.78 Å². The van der Waals surface area contributed by atoms with E-state index in [4.69, 9.17) is 0 Å². The number of carbonyl (C=O) groups excluding carboxylic acids is 1. The summed E-state index contributed by atoms with van der Waals surface area (Å²) >= 11 is 1.50. The molecule has 0 bridgehead atoms. The summed E-state index contributed by atoms with van der Waals surface area (Å²) in [5.74, 6) is 0.176. The molecular weight excluding hydrogens is 168 g/mol. The fourth-order valence-corrected chi connectivity index (χ4v) is 1.88. The molecule has 2 rings (SSSR count). The molecular formula is C10H8OS. The van der Waals surface area contributed by atoms with Crippen LogP contribution in [0.1, 0.15) is 16.1 Å². The van der Waals surface area contributed by atoms with Crippen molar-refractivity contribution in [2.24, 2.45) is 0 Å². The molecule has 0 saturated carbocycles. The van der Waals surface area contributed by atoms with Crippen molar-refractivity contribution in [2.45, 2.75) is 6.42 Å². The molecule has 0 spiro atoms. The topological polar surface area (TPSA) is 17.1 Å². The van der Waals surface area contributed by atoms with Crippen molar-refractivity contribution >= 4 is 17.1 Å². The molecule has 0 fully saturated rings. The van der Waals surface area contributed by atoms with Gasteiger partial charge in [0.15, 0.2) is 5.78 Å². The van der Waals surface area contributed by atoms with Gasteiger partial charge in [0.1, 0.15) is 0 Å². The molecule has 1 aliphatic carbocycles. The summed E-state index contributed by atoms with van der Waals surface area (Å²) in [5.41, 5.74) is 0.900. The van der Waals surface area contributed by atoms with Gasteiger partial charge in [0, 0.05) is 5.57 Å². The second-order valence-electron chi connectivity index (χ2n) is 2.63. The van der Waals surface area contributed by atoms with Crippen LogP contribution in [0.2, 0.25) is 0 Å². The van der Waals surface area contributed by atoms with Gasteiger partial charge in [-0.25, -0.2) is 0 Å². The number of ketones is 1. The summed E-state index contributed by atoms with van der Waals surface area (Å²) in [6, 6.07) is 3.77. The first-order valence-corrected chi connectivity index (χ1v) is 4.70. The Labute approximate surface area is 75.0 Å². The molecule has 0 aromatic carbocycles. The SMILES string of the molecule is O=C(C1=CC=CC1)c1cccs1. The van der Waals surface area contributed by atoms with Crippen LogP contribution >= 0.6 is 11.3 Å². The Bertz CT molecular complexity index is 344. The van der Waals surface area contributed by atoms with Gasteiger partial charge in [-0.05, 0) is 17.9 Å². The van der Waals surface area contributed by atoms with Gasteiger partial charge in [-0.2, -0.15) is 0 Å². The van der Waals surface area contributed by atoms with E-state index in [2.05, 4.69) is 0 Å². The molecule has 2 heteroatoms. The first-order chi connectivity index (χ1) is 5.88. The third-order valence-corrected chi connectivity index (χ3v) is 2.68. The van der Waals surface area contributed by atoms with Crippen molar-refractivity contribution in [2.75, 3.05) is 0 Å². The van der Waals surface area contributed by atoms with E-state index in [1.54, 1.807) is 0 Å². The second kappa shape index (κ2) is 3.07. The fourth-order valence-electron chi connectivity index (χ4n) is 1.18. The van der Waals surface area contributed by atoms with Crippen LogP contribution in [0.15, 0.2) is 41.3 Å². The lowest BCUT2D eigenvalue weighted by Gasteiger charge is -1.95. The van der Waals surface area contributed by atoms with Gasteiger partial charge >= 0.3 is 0 Å². The lowest BCUT2D eigenvalue weighted by Crippen LogP contribution is -1.97. The molecule has 1 aromatic rings. The van der Waals surface area contributed by atoms with E-state index < -0.39 is 0 Å². The Balaban J connectivity index is 2.22. The molecule has 1 aliphatic rings. The highest BCUT2D eigenvalue weighted by Crippen LogP contribution is 2.19. The zero-order valence-corrected chi connectivity index (χ0v) is 7.30. The molecule has 1 heterocycles. The van der Waals surface area contributed by atoms with Crippen LogP contribution in [0, 0.1) is 0 Å². The number of allylic oxidation sites excluding steroid dienone is 4. The highest BCUT2D eigenvalue weighted by atomic mass is 32.1. The normalized spacial score (nSPS) is 14.8. The Morgan fingerprint density at radius 3 is 3.00 bits per heavy atom. The minimum Gasteiger partial charge on any atom is -0.288 e. The van der Waals surface area contributed by atoms with Crippen LogP contribution in [-0.2, 0) is 0 Å². The molecule has 60 valence electrons. The molecule has 0 atom stereocenters. The number of rotatable bonds is 2. The van der Waals surface area contributed by atoms with E-state index in [0.29, 0.717) is 0 Å². The predicted molar refractivity (Wildman–Crippen MR) is 50.5 cm³/mol. The number of carbonyl (C=O) groups is 1. The Hall–Kier alpha value is -1.15. The summed E-state index contributed by atoms with van der Waals surface area (Å²) in [6.07, 6.45) is 6.61. The molecule has 0 N–H and O–H groups in total. The highest BCUT2D eigenvalue weighted by Gasteiger charge is 2.12. The zero-order valence-electron chi connectivity index (χ0n) is 6.49. The van der Waals surface area contributed by atoms with Gasteiger partial charge in [-0.3, -0.25) is 4.79 Å². The van der Waals surface area contributed by atoms with Crippen LogP contribution in [-0.4, -0.2) is 5.78 Å². The number of thiophene rings is 1. The summed E-state index contributed by atoms with van der Waals surface area (Å²) in [5, 5.41) is 1.93. The van der Waals surface area contributed by atoms with Gasteiger partial charge in [-0.1, -0.05) is 24.3 Å². The van der Waals surface area contributed by atoms with Crippen LogP contribution in [0.5, 0.6) is 0 Å². The number of Topliss-reactive ketones (excluding diaryl/α,β-unsaturated/α-hetero) is 1. The van der Waals surface area contributed by atoms with E-state index >= 15 is 0 Å². The third kappa shape index (κ3) is 1.25. The van der Waals surface area contributed by atoms with Gasteiger partial charge in [0.05, 0.1) is 4.88 Å². The largest absolute Gasteiger partial charge is 0.288 e. The van der Waals surface area contributed by atoms with E-state index in [9.17, 15) is 4.79 Å². The Kier molecular flexibility index (Phi) is 1.92. The first kappa shape index (κ1) is 7.50. The van der Waals surface area contributed by atoms with Crippen molar-refractivity contribution < 1.29 is 4.79 Å². The van der Waals surface area contributed by atoms with E-state index in [1.165, 1.54) is 11.3 Å². The van der Waals surface area contributed by atoms with Crippen LogP contribution in [0.25, 0.3) is 0 Å². The minimum absolute atomic E-state index is 0.176. The zero-order chi connectivity index (χ0) is 8.39. The molecule has 12 heavy (non-hydrogen) atoms. The fraction of sp³-hybridized carbons (Fsp3) is 0.100. The molecule has 0 radical (unpaired) electrons. The molecule has 0 unspecified atom stereocenters. The quantitative estimate of drug-likeness (QED) is 0.633. The standard InChI is InChI=1S/C10H8OS/c11-10(8-4-1-2-5-8)9-6-3-7-12-9/h1-4,6-7H,5H2. The van der Waals surface area contributed by atoms with E-state index in [0.717, 1.165) is 16.9 Å². The van der Waals surface area contributed by atoms with Crippen LogP contribution in [0.4, 0.5) is 0 Å². The predicted octanol–water partition coefficient (Wildman–Crippen LogP) is 2.82. The van der Waals surface area contributed by atoms with Crippen molar-refractivity contribution in [1.29, 1.82) is 0 Å². The monoisotopic (exact) mass is 176 g/mol. The Morgan fingerprint density at radius 2 is 2.42 bits per heavy atom. The maximum Gasteiger partial charge on any atom is 0.199 e. The Morgan fingerprint density at radius 1 is 1.50 bits per heavy atom. The van der Waals surface area contributed by atoms with Crippen molar-refractivity contribution in [3.05, 3.63) is 46.2 Å². The van der Waals surface area contributed by atoms with E-state index in [1.807, 2.05) is 35.7 Å². The van der Waals surface area contributed by atoms with Crippen LogP contribution in [0.3, 0.4) is 0 Å². The van der Waals surface area contributed by atoms with Crippen molar-refractivity contribution in [3.8, 4) is 0 Å². The highest BCUT2D eigenvalue weighted by molar-refractivity contribution is 7.12. The lowest BCUT2D eigenvalue weighted by atomic mass is 10.1. The van der Waals surface area contributed by atoms with Crippen molar-refractivity contribution in [3.63, 3.8) is 0 Å². The van der Waals surface area contributed by atoms with Gasteiger partial charge in [0.25, 0.3) is 0 Å². The molecule has 1 nitrogen and oxygen atoms in total. The van der Waals surface area contributed by atoms with Gasteiger partial charge < -0.3 is 0 Å². The van der Waals surface area contributed by atoms with Crippen molar-refractivity contribution in [1.82, 2.24) is 0 Å². The maximum absolute atomic E-state index is 11.6. The van der Waals surface area contributed by atoms with Crippen LogP contribution < -0.4 is 0 Å². The average Bonchev–Trinajstić information content (AvgIpc) is 2.77. The first-order valence-electron chi connectivity index (χ1n) is 3.82.